The molecule has 0 aromatic heterocycles. The van der Waals surface area contributed by atoms with E-state index in [2.05, 4.69) is 0 Å². The van der Waals surface area contributed by atoms with Crippen molar-refractivity contribution >= 4 is 17.6 Å². The SMILES string of the molecule is CCc1cc(C#N)c(CCl)c(C(=O)O)c1. The third kappa shape index (κ3) is 2.28. The molecular formula is C11H10ClNO2. The molecule has 1 rings (SSSR count). The van der Waals surface area contributed by atoms with E-state index in [1.165, 1.54) is 0 Å². The first kappa shape index (κ1) is 11.5. The second kappa shape index (κ2) is 4.81. The minimum absolute atomic E-state index is 0.0362. The van der Waals surface area contributed by atoms with Crippen molar-refractivity contribution in [2.45, 2.75) is 19.2 Å². The van der Waals surface area contributed by atoms with Gasteiger partial charge in [-0.25, -0.2) is 4.79 Å². The molecule has 0 aliphatic carbocycles. The number of carboxylic acid groups (broad SMARTS) is 1. The van der Waals surface area contributed by atoms with E-state index in [0.717, 1.165) is 5.56 Å². The fraction of sp³-hybridized carbons (Fsp3) is 0.273. The highest BCUT2D eigenvalue weighted by Gasteiger charge is 2.14. The third-order valence-corrected chi connectivity index (χ3v) is 2.47. The van der Waals surface area contributed by atoms with E-state index in [1.54, 1.807) is 12.1 Å². The summed E-state index contributed by atoms with van der Waals surface area (Å²) in [5.41, 5.74) is 1.70. The van der Waals surface area contributed by atoms with Gasteiger partial charge in [-0.15, -0.1) is 11.6 Å². The number of aromatic carboxylic acids is 1. The molecule has 0 amide bonds. The lowest BCUT2D eigenvalue weighted by Gasteiger charge is -2.07. The van der Waals surface area contributed by atoms with Crippen LogP contribution in [0, 0.1) is 11.3 Å². The Bertz CT molecular complexity index is 435. The summed E-state index contributed by atoms with van der Waals surface area (Å²) in [6.07, 6.45) is 0.692. The van der Waals surface area contributed by atoms with Gasteiger partial charge in [0, 0.05) is 5.88 Å². The fourth-order valence-electron chi connectivity index (χ4n) is 1.37. The van der Waals surface area contributed by atoms with Gasteiger partial charge >= 0.3 is 5.97 Å². The summed E-state index contributed by atoms with van der Waals surface area (Å²) in [7, 11) is 0. The number of halogens is 1. The van der Waals surface area contributed by atoms with Gasteiger partial charge in [-0.3, -0.25) is 0 Å². The number of carbonyl (C=O) groups is 1. The zero-order chi connectivity index (χ0) is 11.4. The smallest absolute Gasteiger partial charge is 0.336 e. The van der Waals surface area contributed by atoms with Gasteiger partial charge < -0.3 is 5.11 Å². The maximum Gasteiger partial charge on any atom is 0.336 e. The molecule has 4 heteroatoms. The molecule has 0 radical (unpaired) electrons. The maximum atomic E-state index is 10.9. The number of carboxylic acids is 1. The standard InChI is InChI=1S/C11H10ClNO2/c1-2-7-3-8(6-13)10(5-12)9(4-7)11(14)15/h3-4H,2,5H2,1H3,(H,14,15). The van der Waals surface area contributed by atoms with Crippen molar-refractivity contribution in [3.8, 4) is 6.07 Å². The monoisotopic (exact) mass is 223 g/mol. The van der Waals surface area contributed by atoms with E-state index in [-0.39, 0.29) is 11.4 Å². The summed E-state index contributed by atoms with van der Waals surface area (Å²) in [6, 6.07) is 5.22. The molecule has 0 saturated carbocycles. The topological polar surface area (TPSA) is 61.1 Å². The van der Waals surface area contributed by atoms with E-state index in [1.807, 2.05) is 13.0 Å². The predicted molar refractivity (Wildman–Crippen MR) is 57.1 cm³/mol. The van der Waals surface area contributed by atoms with E-state index < -0.39 is 5.97 Å². The van der Waals surface area contributed by atoms with Crippen LogP contribution in [0.3, 0.4) is 0 Å². The highest BCUT2D eigenvalue weighted by Crippen LogP contribution is 2.20. The first-order valence-electron chi connectivity index (χ1n) is 4.49. The van der Waals surface area contributed by atoms with Gasteiger partial charge in [-0.05, 0) is 29.7 Å². The molecule has 0 unspecified atom stereocenters. The van der Waals surface area contributed by atoms with Gasteiger partial charge in [-0.2, -0.15) is 5.26 Å². The second-order valence-corrected chi connectivity index (χ2v) is 3.34. The number of hydrogen-bond acceptors (Lipinski definition) is 2. The third-order valence-electron chi connectivity index (χ3n) is 2.20. The Morgan fingerprint density at radius 1 is 1.60 bits per heavy atom. The molecule has 0 spiro atoms. The summed E-state index contributed by atoms with van der Waals surface area (Å²) in [6.45, 7) is 1.91. The average Bonchev–Trinajstić information content (AvgIpc) is 2.26. The first-order valence-corrected chi connectivity index (χ1v) is 5.02. The number of alkyl halides is 1. The minimum Gasteiger partial charge on any atom is -0.478 e. The van der Waals surface area contributed by atoms with Crippen LogP contribution >= 0.6 is 11.6 Å². The van der Waals surface area contributed by atoms with Gasteiger partial charge in [0.2, 0.25) is 0 Å². The largest absolute Gasteiger partial charge is 0.478 e. The molecule has 78 valence electrons. The predicted octanol–water partition coefficient (Wildman–Crippen LogP) is 2.56. The Balaban J connectivity index is 3.48. The number of nitriles is 1. The lowest BCUT2D eigenvalue weighted by atomic mass is 9.98. The van der Waals surface area contributed by atoms with E-state index in [9.17, 15) is 4.79 Å². The van der Waals surface area contributed by atoms with Gasteiger partial charge in [0.25, 0.3) is 0 Å². The molecular weight excluding hydrogens is 214 g/mol. The molecule has 0 bridgehead atoms. The van der Waals surface area contributed by atoms with Crippen molar-refractivity contribution in [2.75, 3.05) is 0 Å². The summed E-state index contributed by atoms with van der Waals surface area (Å²) in [4.78, 5) is 10.9. The summed E-state index contributed by atoms with van der Waals surface area (Å²) < 4.78 is 0. The van der Waals surface area contributed by atoms with Crippen molar-refractivity contribution in [3.05, 3.63) is 34.4 Å². The maximum absolute atomic E-state index is 10.9. The van der Waals surface area contributed by atoms with Crippen LogP contribution < -0.4 is 0 Å². The molecule has 15 heavy (non-hydrogen) atoms. The Labute approximate surface area is 92.9 Å². The average molecular weight is 224 g/mol. The quantitative estimate of drug-likeness (QED) is 0.801. The molecule has 0 aliphatic heterocycles. The van der Waals surface area contributed by atoms with Crippen LogP contribution in [0.2, 0.25) is 0 Å². The molecule has 0 saturated heterocycles. The summed E-state index contributed by atoms with van der Waals surface area (Å²) in [5, 5.41) is 17.8. The zero-order valence-electron chi connectivity index (χ0n) is 8.25. The number of aryl methyl sites for hydroxylation is 1. The zero-order valence-corrected chi connectivity index (χ0v) is 9.01. The first-order chi connectivity index (χ1) is 7.13. The number of benzene rings is 1. The van der Waals surface area contributed by atoms with Crippen LogP contribution in [0.15, 0.2) is 12.1 Å². The molecule has 1 aromatic carbocycles. The number of nitrogens with zero attached hydrogens (tertiary/aromatic N) is 1. The lowest BCUT2D eigenvalue weighted by molar-refractivity contribution is 0.0696. The second-order valence-electron chi connectivity index (χ2n) is 3.07. The van der Waals surface area contributed by atoms with Crippen LogP contribution in [-0.4, -0.2) is 11.1 Å². The highest BCUT2D eigenvalue weighted by molar-refractivity contribution is 6.17. The number of rotatable bonds is 3. The van der Waals surface area contributed by atoms with Crippen molar-refractivity contribution in [1.82, 2.24) is 0 Å². The minimum atomic E-state index is -1.04. The van der Waals surface area contributed by atoms with Crippen LogP contribution in [0.1, 0.15) is 34.0 Å². The Morgan fingerprint density at radius 3 is 2.67 bits per heavy atom. The van der Waals surface area contributed by atoms with Gasteiger partial charge in [0.15, 0.2) is 0 Å². The van der Waals surface area contributed by atoms with E-state index in [0.29, 0.717) is 17.5 Å². The Kier molecular flexibility index (Phi) is 3.70. The summed E-state index contributed by atoms with van der Waals surface area (Å²) >= 11 is 5.64. The van der Waals surface area contributed by atoms with Crippen molar-refractivity contribution in [1.29, 1.82) is 5.26 Å². The molecule has 0 fully saturated rings. The Morgan fingerprint density at radius 2 is 2.27 bits per heavy atom. The molecule has 3 nitrogen and oxygen atoms in total. The molecule has 0 aliphatic rings. The fourth-order valence-corrected chi connectivity index (χ4v) is 1.66. The Hall–Kier alpha value is -1.53. The van der Waals surface area contributed by atoms with Crippen molar-refractivity contribution in [2.24, 2.45) is 0 Å². The van der Waals surface area contributed by atoms with E-state index >= 15 is 0 Å². The number of hydrogen-bond donors (Lipinski definition) is 1. The van der Waals surface area contributed by atoms with Crippen LogP contribution in [-0.2, 0) is 12.3 Å². The lowest BCUT2D eigenvalue weighted by Crippen LogP contribution is -2.05. The molecule has 0 atom stereocenters. The van der Waals surface area contributed by atoms with E-state index in [4.69, 9.17) is 22.0 Å². The molecule has 1 N–H and O–H groups in total. The van der Waals surface area contributed by atoms with Crippen LogP contribution in [0.5, 0.6) is 0 Å². The van der Waals surface area contributed by atoms with Crippen molar-refractivity contribution in [3.63, 3.8) is 0 Å². The van der Waals surface area contributed by atoms with Gasteiger partial charge in [0.1, 0.15) is 0 Å². The van der Waals surface area contributed by atoms with Gasteiger partial charge in [-0.1, -0.05) is 6.92 Å². The van der Waals surface area contributed by atoms with Crippen LogP contribution in [0.4, 0.5) is 0 Å². The van der Waals surface area contributed by atoms with Gasteiger partial charge in [0.05, 0.1) is 17.2 Å². The normalized spacial score (nSPS) is 9.67. The molecule has 1 aromatic rings. The highest BCUT2D eigenvalue weighted by atomic mass is 35.5. The van der Waals surface area contributed by atoms with Crippen LogP contribution in [0.25, 0.3) is 0 Å². The molecule has 0 heterocycles. The van der Waals surface area contributed by atoms with Crippen molar-refractivity contribution < 1.29 is 9.90 Å². The summed E-state index contributed by atoms with van der Waals surface area (Å²) in [5.74, 6) is -1.01.